The Labute approximate surface area is 98.6 Å². The average Bonchev–Trinajstić information content (AvgIpc) is 2.21. The van der Waals surface area contributed by atoms with Crippen molar-refractivity contribution in [1.82, 2.24) is 4.98 Å². The van der Waals surface area contributed by atoms with Crippen molar-refractivity contribution in [3.8, 4) is 11.9 Å². The summed E-state index contributed by atoms with van der Waals surface area (Å²) < 4.78 is 39.6. The third kappa shape index (κ3) is 3.39. The predicted octanol–water partition coefficient (Wildman–Crippen LogP) is 2.08. The number of hydrogen-bond donors (Lipinski definition) is 1. The summed E-state index contributed by atoms with van der Waals surface area (Å²) in [5, 5.41) is 8.42. The minimum atomic E-state index is -4.92. The minimum absolute atomic E-state index is 0.0395. The van der Waals surface area contributed by atoms with Crippen LogP contribution in [0.5, 0.6) is 5.88 Å². The molecule has 17 heavy (non-hydrogen) atoms. The van der Waals surface area contributed by atoms with Gasteiger partial charge < -0.3 is 9.72 Å². The van der Waals surface area contributed by atoms with Crippen LogP contribution in [0.4, 0.5) is 13.2 Å². The summed E-state index contributed by atoms with van der Waals surface area (Å²) in [6, 6.07) is 1.72. The summed E-state index contributed by atoms with van der Waals surface area (Å²) >= 11 is 5.39. The molecule has 0 aliphatic heterocycles. The molecule has 0 saturated heterocycles. The first-order valence-electron chi connectivity index (χ1n) is 4.31. The summed E-state index contributed by atoms with van der Waals surface area (Å²) in [5.41, 5.74) is -1.03. The number of halogens is 4. The van der Waals surface area contributed by atoms with E-state index in [2.05, 4.69) is 9.72 Å². The van der Waals surface area contributed by atoms with E-state index in [-0.39, 0.29) is 17.5 Å². The largest absolute Gasteiger partial charge is 0.574 e. The Balaban J connectivity index is 3.23. The van der Waals surface area contributed by atoms with Gasteiger partial charge in [-0.3, -0.25) is 4.79 Å². The smallest absolute Gasteiger partial charge is 0.389 e. The molecule has 1 heterocycles. The van der Waals surface area contributed by atoms with Crippen LogP contribution in [-0.4, -0.2) is 11.3 Å². The monoisotopic (exact) mass is 266 g/mol. The van der Waals surface area contributed by atoms with Gasteiger partial charge in [-0.2, -0.15) is 5.26 Å². The number of aromatic nitrogens is 1. The summed E-state index contributed by atoms with van der Waals surface area (Å²) in [7, 11) is 0. The molecule has 0 spiro atoms. The van der Waals surface area contributed by atoms with E-state index >= 15 is 0 Å². The maximum atomic E-state index is 12.0. The molecule has 0 amide bonds. The normalized spacial score (nSPS) is 11.0. The first kappa shape index (κ1) is 13.4. The number of H-pyrrole nitrogens is 1. The van der Waals surface area contributed by atoms with E-state index in [4.69, 9.17) is 16.9 Å². The maximum Gasteiger partial charge on any atom is 0.574 e. The lowest BCUT2D eigenvalue weighted by Gasteiger charge is -2.11. The fourth-order valence-corrected chi connectivity index (χ4v) is 1.39. The standard InChI is InChI=1S/C9H6ClF3N2O2/c10-3-6-7(16)5(1-2-14)4-15-8(6)17-9(11,12)13/h4H,1,3H2,(H,15,16). The number of hydrogen-bond acceptors (Lipinski definition) is 3. The Bertz CT molecular complexity index is 504. The van der Waals surface area contributed by atoms with Gasteiger partial charge in [0.2, 0.25) is 5.88 Å². The highest BCUT2D eigenvalue weighted by atomic mass is 35.5. The molecular weight excluding hydrogens is 261 g/mol. The van der Waals surface area contributed by atoms with Gasteiger partial charge in [0.25, 0.3) is 0 Å². The van der Waals surface area contributed by atoms with Crippen LogP contribution >= 0.6 is 11.6 Å². The van der Waals surface area contributed by atoms with Crippen molar-refractivity contribution in [3.63, 3.8) is 0 Å². The van der Waals surface area contributed by atoms with Crippen LogP contribution in [-0.2, 0) is 12.3 Å². The first-order chi connectivity index (χ1) is 7.89. The number of ether oxygens (including phenoxy) is 1. The number of nitrogens with one attached hydrogen (secondary N) is 1. The first-order valence-corrected chi connectivity index (χ1v) is 4.84. The molecule has 0 unspecified atom stereocenters. The average molecular weight is 267 g/mol. The lowest BCUT2D eigenvalue weighted by atomic mass is 10.1. The summed E-state index contributed by atoms with van der Waals surface area (Å²) in [6.07, 6.45) is -4.13. The highest BCUT2D eigenvalue weighted by molar-refractivity contribution is 6.17. The van der Waals surface area contributed by atoms with Crippen LogP contribution in [0, 0.1) is 11.3 Å². The molecule has 92 valence electrons. The van der Waals surface area contributed by atoms with E-state index in [9.17, 15) is 18.0 Å². The van der Waals surface area contributed by atoms with Gasteiger partial charge in [0, 0.05) is 11.8 Å². The van der Waals surface area contributed by atoms with Gasteiger partial charge in [-0.15, -0.1) is 24.8 Å². The van der Waals surface area contributed by atoms with Crippen LogP contribution in [0.25, 0.3) is 0 Å². The molecule has 0 aliphatic carbocycles. The number of alkyl halides is 4. The quantitative estimate of drug-likeness (QED) is 0.852. The summed E-state index contributed by atoms with van der Waals surface area (Å²) in [4.78, 5) is 13.8. The molecule has 0 aromatic carbocycles. The molecular formula is C9H6ClF3N2O2. The van der Waals surface area contributed by atoms with Crippen molar-refractivity contribution in [2.24, 2.45) is 0 Å². The highest BCUT2D eigenvalue weighted by Gasteiger charge is 2.33. The Kier molecular flexibility index (Phi) is 4.02. The van der Waals surface area contributed by atoms with Crippen LogP contribution in [0.2, 0.25) is 0 Å². The molecule has 1 N–H and O–H groups in total. The van der Waals surface area contributed by atoms with Crippen molar-refractivity contribution in [2.45, 2.75) is 18.7 Å². The van der Waals surface area contributed by atoms with Crippen molar-refractivity contribution in [2.75, 3.05) is 0 Å². The van der Waals surface area contributed by atoms with Crippen LogP contribution in [0.1, 0.15) is 11.1 Å². The molecule has 1 rings (SSSR count). The van der Waals surface area contributed by atoms with E-state index in [1.165, 1.54) is 0 Å². The van der Waals surface area contributed by atoms with E-state index in [1.807, 2.05) is 0 Å². The van der Waals surface area contributed by atoms with Gasteiger partial charge in [0.15, 0.2) is 5.43 Å². The van der Waals surface area contributed by atoms with Crippen molar-refractivity contribution in [1.29, 1.82) is 5.26 Å². The number of nitriles is 1. The second-order valence-electron chi connectivity index (χ2n) is 2.97. The molecule has 0 fully saturated rings. The number of aromatic amines is 1. The zero-order valence-electron chi connectivity index (χ0n) is 8.27. The fourth-order valence-electron chi connectivity index (χ4n) is 1.15. The zero-order valence-corrected chi connectivity index (χ0v) is 9.02. The van der Waals surface area contributed by atoms with Gasteiger partial charge in [-0.05, 0) is 0 Å². The van der Waals surface area contributed by atoms with Crippen LogP contribution in [0.3, 0.4) is 0 Å². The van der Waals surface area contributed by atoms with E-state index in [0.717, 1.165) is 6.20 Å². The Morgan fingerprint density at radius 2 is 2.18 bits per heavy atom. The minimum Gasteiger partial charge on any atom is -0.389 e. The van der Waals surface area contributed by atoms with Crippen molar-refractivity contribution >= 4 is 11.6 Å². The number of nitrogens with zero attached hydrogens (tertiary/aromatic N) is 1. The van der Waals surface area contributed by atoms with Gasteiger partial charge >= 0.3 is 6.36 Å². The molecule has 0 radical (unpaired) electrons. The van der Waals surface area contributed by atoms with Crippen LogP contribution in [0.15, 0.2) is 11.0 Å². The number of pyridine rings is 1. The molecule has 0 saturated carbocycles. The van der Waals surface area contributed by atoms with Crippen LogP contribution < -0.4 is 10.2 Å². The van der Waals surface area contributed by atoms with Gasteiger partial charge in [-0.25, -0.2) is 0 Å². The topological polar surface area (TPSA) is 65.9 Å². The predicted molar refractivity (Wildman–Crippen MR) is 52.6 cm³/mol. The Morgan fingerprint density at radius 3 is 2.65 bits per heavy atom. The fraction of sp³-hybridized carbons (Fsp3) is 0.333. The van der Waals surface area contributed by atoms with E-state index in [1.54, 1.807) is 6.07 Å². The van der Waals surface area contributed by atoms with E-state index < -0.39 is 23.6 Å². The van der Waals surface area contributed by atoms with Crippen molar-refractivity contribution < 1.29 is 17.9 Å². The molecule has 1 aromatic rings. The zero-order chi connectivity index (χ0) is 13.1. The molecule has 0 aliphatic rings. The van der Waals surface area contributed by atoms with Gasteiger partial charge in [-0.1, -0.05) is 0 Å². The van der Waals surface area contributed by atoms with Gasteiger partial charge in [0.1, 0.15) is 0 Å². The van der Waals surface area contributed by atoms with Crippen molar-refractivity contribution in [3.05, 3.63) is 27.5 Å². The third-order valence-electron chi connectivity index (χ3n) is 1.84. The maximum absolute atomic E-state index is 12.0. The lowest BCUT2D eigenvalue weighted by Crippen LogP contribution is -2.23. The Morgan fingerprint density at radius 1 is 1.53 bits per heavy atom. The molecule has 0 bridgehead atoms. The molecule has 8 heteroatoms. The summed E-state index contributed by atoms with van der Waals surface area (Å²) in [6.45, 7) is 0. The molecule has 1 aromatic heterocycles. The number of rotatable bonds is 3. The SMILES string of the molecule is N#CCc1c[nH]c(OC(F)(F)F)c(CCl)c1=O. The van der Waals surface area contributed by atoms with Gasteiger partial charge in [0.05, 0.1) is 23.9 Å². The second kappa shape index (κ2) is 5.10. The lowest BCUT2D eigenvalue weighted by molar-refractivity contribution is -0.276. The summed E-state index contributed by atoms with van der Waals surface area (Å²) in [5.74, 6) is -1.20. The Hall–Kier alpha value is -1.68. The second-order valence-corrected chi connectivity index (χ2v) is 3.23. The van der Waals surface area contributed by atoms with E-state index in [0.29, 0.717) is 0 Å². The molecule has 4 nitrogen and oxygen atoms in total. The third-order valence-corrected chi connectivity index (χ3v) is 2.11. The highest BCUT2D eigenvalue weighted by Crippen LogP contribution is 2.23. The molecule has 0 atom stereocenters.